The van der Waals surface area contributed by atoms with Crippen LogP contribution in [-0.2, 0) is 46.2 Å². The maximum absolute atomic E-state index is 15.4. The van der Waals surface area contributed by atoms with Crippen LogP contribution in [0.1, 0.15) is 141 Å². The second-order valence-corrected chi connectivity index (χ2v) is 24.7. The minimum atomic E-state index is -1.50. The highest BCUT2D eigenvalue weighted by molar-refractivity contribution is 6.00. The molecule has 1 aliphatic heterocycles. The molecule has 1 aliphatic rings. The minimum absolute atomic E-state index is 0.0118. The Labute approximate surface area is 518 Å². The number of fused-ring (bicyclic) bond motifs is 5. The van der Waals surface area contributed by atoms with Gasteiger partial charge in [-0.3, -0.25) is 24.0 Å². The van der Waals surface area contributed by atoms with Gasteiger partial charge in [-0.15, -0.1) is 0 Å². The summed E-state index contributed by atoms with van der Waals surface area (Å²) in [6, 6.07) is 20.3. The van der Waals surface area contributed by atoms with E-state index in [0.717, 1.165) is 30.4 Å². The molecule has 4 aromatic rings. The molecule has 8 amide bonds. The van der Waals surface area contributed by atoms with Crippen LogP contribution in [0.15, 0.2) is 84.9 Å². The summed E-state index contributed by atoms with van der Waals surface area (Å²) >= 11 is 0. The number of unbranched alkanes of at least 4 members (excludes halogenated alkanes) is 2. The summed E-state index contributed by atoms with van der Waals surface area (Å²) < 4.78 is 29.1. The highest BCUT2D eigenvalue weighted by Crippen LogP contribution is 2.40. The summed E-state index contributed by atoms with van der Waals surface area (Å²) in [6.07, 6.45) is 2.02. The molecule has 480 valence electrons. The van der Waals surface area contributed by atoms with Crippen molar-refractivity contribution in [2.75, 3.05) is 60.0 Å². The fourth-order valence-corrected chi connectivity index (χ4v) is 9.34. The Balaban J connectivity index is 1.61. The van der Waals surface area contributed by atoms with Crippen LogP contribution < -0.4 is 52.0 Å². The first-order chi connectivity index (χ1) is 41.5. The van der Waals surface area contributed by atoms with Crippen LogP contribution in [0.2, 0.25) is 0 Å². The van der Waals surface area contributed by atoms with E-state index < -0.39 is 88.8 Å². The molecule has 1 heterocycles. The highest BCUT2D eigenvalue weighted by atomic mass is 16.6. The smallest absolute Gasteiger partial charge is 0.407 e. The van der Waals surface area contributed by atoms with Gasteiger partial charge in [-0.1, -0.05) is 61.9 Å². The van der Waals surface area contributed by atoms with Gasteiger partial charge in [-0.2, -0.15) is 0 Å². The predicted molar refractivity (Wildman–Crippen MR) is 337 cm³/mol. The number of amides is 8. The van der Waals surface area contributed by atoms with Gasteiger partial charge < -0.3 is 71.1 Å². The number of carbonyl (C=O) groups is 8. The molecule has 0 fully saturated rings. The first-order valence-electron chi connectivity index (χ1n) is 30.3. The van der Waals surface area contributed by atoms with E-state index in [1.807, 2.05) is 12.1 Å². The van der Waals surface area contributed by atoms with E-state index in [4.69, 9.17) is 23.7 Å². The average molecular weight is 1220 g/mol. The topological polar surface area (TPSA) is 282 Å². The van der Waals surface area contributed by atoms with Gasteiger partial charge in [0.25, 0.3) is 5.91 Å². The number of aryl methyl sites for hydroxylation is 1. The molecule has 5 rings (SSSR count). The Hall–Kier alpha value is -8.40. The number of hydrogen-bond acceptors (Lipinski definition) is 14. The summed E-state index contributed by atoms with van der Waals surface area (Å²) in [6.45, 7) is 20.2. The van der Waals surface area contributed by atoms with E-state index in [2.05, 4.69) is 73.7 Å². The largest absolute Gasteiger partial charge is 0.491 e. The molecule has 0 spiro atoms. The van der Waals surface area contributed by atoms with Gasteiger partial charge >= 0.3 is 18.3 Å². The van der Waals surface area contributed by atoms with Crippen LogP contribution in [-0.4, -0.2) is 148 Å². The number of ether oxygens (including phenoxy) is 5. The van der Waals surface area contributed by atoms with Crippen molar-refractivity contribution in [3.63, 3.8) is 0 Å². The van der Waals surface area contributed by atoms with Crippen molar-refractivity contribution in [1.29, 1.82) is 0 Å². The zero-order valence-electron chi connectivity index (χ0n) is 53.5. The van der Waals surface area contributed by atoms with Gasteiger partial charge in [0.05, 0.1) is 13.1 Å². The zero-order valence-corrected chi connectivity index (χ0v) is 53.5. The summed E-state index contributed by atoms with van der Waals surface area (Å²) in [5.41, 5.74) is 2.72. The molecule has 4 atom stereocenters. The van der Waals surface area contributed by atoms with Crippen LogP contribution in [0.3, 0.4) is 0 Å². The lowest BCUT2D eigenvalue weighted by Crippen LogP contribution is -2.56. The molecule has 0 aliphatic carbocycles. The Morgan fingerprint density at radius 3 is 1.69 bits per heavy atom. The van der Waals surface area contributed by atoms with Crippen LogP contribution in [0.25, 0.3) is 22.3 Å². The number of nitrogens with one attached hydrogen (secondary N) is 8. The van der Waals surface area contributed by atoms with Gasteiger partial charge in [0.2, 0.25) is 23.6 Å². The van der Waals surface area contributed by atoms with Gasteiger partial charge in [-0.05, 0) is 173 Å². The molecule has 0 aromatic heterocycles. The number of carbonyl (C=O) groups excluding carboxylic acids is 8. The van der Waals surface area contributed by atoms with Crippen LogP contribution in [0.5, 0.6) is 11.5 Å². The maximum Gasteiger partial charge on any atom is 0.407 e. The van der Waals surface area contributed by atoms with Crippen molar-refractivity contribution in [1.82, 2.24) is 47.4 Å². The molecule has 4 aromatic carbocycles. The Kier molecular flexibility index (Phi) is 26.5. The Morgan fingerprint density at radius 2 is 1.15 bits per heavy atom. The quantitative estimate of drug-likeness (QED) is 0.0230. The first-order valence-corrected chi connectivity index (χ1v) is 30.3. The third-order valence-electron chi connectivity index (χ3n) is 13.6. The molecule has 88 heavy (non-hydrogen) atoms. The Morgan fingerprint density at radius 1 is 0.614 bits per heavy atom. The molecular weight excluding hydrogens is 1130 g/mol. The van der Waals surface area contributed by atoms with E-state index >= 15 is 9.59 Å². The number of benzene rings is 4. The summed E-state index contributed by atoms with van der Waals surface area (Å²) in [4.78, 5) is 112. The number of rotatable bonds is 25. The number of hydrogen-bond donors (Lipinski definition) is 8. The van der Waals surface area contributed by atoms with Crippen LogP contribution in [0, 0.1) is 0 Å². The number of nitrogens with zero attached hydrogens (tertiary/aromatic N) is 1. The van der Waals surface area contributed by atoms with Crippen molar-refractivity contribution < 1.29 is 62.0 Å². The summed E-state index contributed by atoms with van der Waals surface area (Å²) in [5.74, 6) is -2.64. The molecule has 0 saturated heterocycles. The SMILES string of the molecule is CCCCc1ccc(-c2ccc(C(=O)N[C@@H](CCCCNC(=O)OC(C)(C)C)C(=O)N(C)[C@@H]3C(=O)N[C@@H](C)C(=O)N[C@H](C(=O)NCCNC)Cc4ccc(OCCNC(=O)OC(C)(C)C)c(c4)-c4cc3ccc4OCCNC(=O)OC(C)(C)C)cc2)cc1. The fraction of sp³-hybridized carbons (Fsp3) is 0.515. The van der Waals surface area contributed by atoms with Crippen LogP contribution >= 0.6 is 0 Å². The minimum Gasteiger partial charge on any atom is -0.491 e. The predicted octanol–water partition coefficient (Wildman–Crippen LogP) is 8.04. The van der Waals surface area contributed by atoms with Crippen LogP contribution in [0.4, 0.5) is 14.4 Å². The van der Waals surface area contributed by atoms with Crippen molar-refractivity contribution in [3.8, 4) is 33.8 Å². The lowest BCUT2D eigenvalue weighted by Gasteiger charge is -2.33. The molecule has 0 saturated carbocycles. The molecule has 22 nitrogen and oxygen atoms in total. The molecule has 0 radical (unpaired) electrons. The zero-order chi connectivity index (χ0) is 64.8. The molecule has 4 bridgehead atoms. The van der Waals surface area contributed by atoms with E-state index in [-0.39, 0.29) is 74.9 Å². The van der Waals surface area contributed by atoms with Gasteiger partial charge in [0.1, 0.15) is 65.7 Å². The number of alkyl carbamates (subject to hydrolysis) is 3. The van der Waals surface area contributed by atoms with Gasteiger partial charge in [0, 0.05) is 49.8 Å². The highest BCUT2D eigenvalue weighted by Gasteiger charge is 2.36. The van der Waals surface area contributed by atoms with Crippen molar-refractivity contribution in [2.24, 2.45) is 0 Å². The lowest BCUT2D eigenvalue weighted by atomic mass is 9.93. The van der Waals surface area contributed by atoms with E-state index in [1.54, 1.807) is 118 Å². The van der Waals surface area contributed by atoms with Gasteiger partial charge in [-0.25, -0.2) is 14.4 Å². The first kappa shape index (κ1) is 70.4. The van der Waals surface area contributed by atoms with Crippen molar-refractivity contribution in [2.45, 2.75) is 162 Å². The van der Waals surface area contributed by atoms with Gasteiger partial charge in [0.15, 0.2) is 0 Å². The Bertz CT molecular complexity index is 3010. The molecule has 8 N–H and O–H groups in total. The van der Waals surface area contributed by atoms with E-state index in [9.17, 15) is 28.8 Å². The normalized spacial score (nSPS) is 15.6. The second-order valence-electron chi connectivity index (χ2n) is 24.7. The molecule has 0 unspecified atom stereocenters. The van der Waals surface area contributed by atoms with Crippen molar-refractivity contribution in [3.05, 3.63) is 107 Å². The third kappa shape index (κ3) is 23.4. The maximum atomic E-state index is 15.4. The second kappa shape index (κ2) is 33.1. The number of likely N-dealkylation sites (N-methyl/N-ethyl adjacent to an activating group) is 2. The van der Waals surface area contributed by atoms with E-state index in [1.165, 1.54) is 24.4 Å². The molecular formula is C66H93N9O13. The standard InChI is InChI=1S/C66H93N9O13/c1-14-15-18-43-20-23-45(24-21-43)46-25-27-47(28-26-46)57(77)73-51(19-16-17-32-69-61(81)86-64(3,4)5)60(80)75(13)55-48-29-31-54(85-38-36-71-63(83)88-66(9,10)11)50(41-48)49-39-44(22-30-53(49)84-37-35-70-62(82)87-65(6,7)8)40-52(58(78)68-34-33-67-12)74-56(76)42(2)72-59(55)79/h20-31,39,41-42,51-52,55,67H,14-19,32-38,40H2,1-13H3,(H,68,78)(H,69,81)(H,70,82)(H,71,83)(H,72,79)(H,73,77)(H,74,76)/t42-,51-,52-,55-/m0/s1. The third-order valence-corrected chi connectivity index (χ3v) is 13.6. The average Bonchev–Trinajstić information content (AvgIpc) is 0.926. The fourth-order valence-electron chi connectivity index (χ4n) is 9.34. The van der Waals surface area contributed by atoms with Crippen molar-refractivity contribution >= 4 is 47.8 Å². The molecule has 22 heteroatoms. The monoisotopic (exact) mass is 1220 g/mol. The van der Waals surface area contributed by atoms with E-state index in [0.29, 0.717) is 36.1 Å². The summed E-state index contributed by atoms with van der Waals surface area (Å²) in [7, 11) is 3.16. The summed E-state index contributed by atoms with van der Waals surface area (Å²) in [5, 5.41) is 22.6. The lowest BCUT2D eigenvalue weighted by molar-refractivity contribution is -0.141.